The SMILES string of the molecule is CC1(C)c2ccccc2-c2ccc(N(c3cccc(-c4ccccc4)c3)c3ccc4c(c3)-c3ccccc3C4(c3ccccc3)c3ccc4oc(C5=CC=CCC5)nc4c3)cc21. The predicted octanol–water partition coefficient (Wildman–Crippen LogP) is 15.4. The fourth-order valence-electron chi connectivity index (χ4n) is 10.7. The third-order valence-electron chi connectivity index (χ3n) is 13.6. The molecule has 9 aromatic rings. The van der Waals surface area contributed by atoms with Crippen molar-refractivity contribution in [3.63, 3.8) is 0 Å². The molecule has 0 amide bonds. The first-order chi connectivity index (χ1) is 30.5. The lowest BCUT2D eigenvalue weighted by molar-refractivity contribution is 0.580. The molecule has 1 heterocycles. The summed E-state index contributed by atoms with van der Waals surface area (Å²) in [6, 6.07) is 69.4. The molecule has 0 fully saturated rings. The number of hydrogen-bond donors (Lipinski definition) is 0. The van der Waals surface area contributed by atoms with Crippen LogP contribution in [0.3, 0.4) is 0 Å². The monoisotopic (exact) mass is 796 g/mol. The zero-order chi connectivity index (χ0) is 41.4. The first kappa shape index (κ1) is 36.4. The summed E-state index contributed by atoms with van der Waals surface area (Å²) in [7, 11) is 0. The highest BCUT2D eigenvalue weighted by molar-refractivity contribution is 5.92. The van der Waals surface area contributed by atoms with E-state index in [0.29, 0.717) is 5.89 Å². The molecule has 62 heavy (non-hydrogen) atoms. The van der Waals surface area contributed by atoms with Gasteiger partial charge < -0.3 is 9.32 Å². The van der Waals surface area contributed by atoms with Crippen LogP contribution in [0.2, 0.25) is 0 Å². The third kappa shape index (κ3) is 5.48. The molecule has 1 atom stereocenters. The Balaban J connectivity index is 1.07. The van der Waals surface area contributed by atoms with Gasteiger partial charge in [0.2, 0.25) is 5.89 Å². The molecule has 0 bridgehead atoms. The summed E-state index contributed by atoms with van der Waals surface area (Å²) >= 11 is 0. The highest BCUT2D eigenvalue weighted by Crippen LogP contribution is 2.58. The highest BCUT2D eigenvalue weighted by Gasteiger charge is 2.46. The van der Waals surface area contributed by atoms with Crippen LogP contribution in [0.4, 0.5) is 17.1 Å². The van der Waals surface area contributed by atoms with Gasteiger partial charge in [0.1, 0.15) is 5.52 Å². The molecule has 3 heteroatoms. The molecule has 3 aliphatic carbocycles. The zero-order valence-corrected chi connectivity index (χ0v) is 34.8. The van der Waals surface area contributed by atoms with E-state index in [2.05, 4.69) is 225 Å². The van der Waals surface area contributed by atoms with E-state index < -0.39 is 5.41 Å². The maximum Gasteiger partial charge on any atom is 0.223 e. The first-order valence-electron chi connectivity index (χ1n) is 21.8. The lowest BCUT2D eigenvalue weighted by Crippen LogP contribution is -2.28. The molecule has 296 valence electrons. The van der Waals surface area contributed by atoms with E-state index in [1.54, 1.807) is 0 Å². The first-order valence-corrected chi connectivity index (χ1v) is 21.8. The maximum atomic E-state index is 6.41. The van der Waals surface area contributed by atoms with Crippen LogP contribution in [0.15, 0.2) is 211 Å². The van der Waals surface area contributed by atoms with Gasteiger partial charge in [-0.25, -0.2) is 4.98 Å². The Labute approximate surface area is 363 Å². The van der Waals surface area contributed by atoms with Crippen molar-refractivity contribution in [2.45, 2.75) is 37.5 Å². The van der Waals surface area contributed by atoms with E-state index in [1.807, 2.05) is 0 Å². The Morgan fingerprint density at radius 2 is 1.16 bits per heavy atom. The Hall–Kier alpha value is -7.49. The second-order valence-electron chi connectivity index (χ2n) is 17.4. The van der Waals surface area contributed by atoms with Crippen molar-refractivity contribution in [1.29, 1.82) is 0 Å². The van der Waals surface area contributed by atoms with Gasteiger partial charge in [-0.15, -0.1) is 0 Å². The van der Waals surface area contributed by atoms with Crippen LogP contribution in [0.5, 0.6) is 0 Å². The summed E-state index contributed by atoms with van der Waals surface area (Å²) in [5.74, 6) is 0.711. The number of oxazole rings is 1. The highest BCUT2D eigenvalue weighted by atomic mass is 16.3. The van der Waals surface area contributed by atoms with Crippen molar-refractivity contribution in [3.8, 4) is 33.4 Å². The van der Waals surface area contributed by atoms with Gasteiger partial charge >= 0.3 is 0 Å². The summed E-state index contributed by atoms with van der Waals surface area (Å²) in [5.41, 5.74) is 20.5. The number of rotatable bonds is 7. The quantitative estimate of drug-likeness (QED) is 0.161. The van der Waals surface area contributed by atoms with Crippen molar-refractivity contribution in [3.05, 3.63) is 246 Å². The fourth-order valence-corrected chi connectivity index (χ4v) is 10.7. The van der Waals surface area contributed by atoms with Gasteiger partial charge in [0.05, 0.1) is 5.41 Å². The molecule has 0 saturated heterocycles. The Morgan fingerprint density at radius 3 is 1.97 bits per heavy atom. The molecule has 0 saturated carbocycles. The number of nitrogens with zero attached hydrogens (tertiary/aromatic N) is 2. The van der Waals surface area contributed by atoms with Gasteiger partial charge in [-0.1, -0.05) is 172 Å². The molecule has 3 nitrogen and oxygen atoms in total. The van der Waals surface area contributed by atoms with E-state index in [9.17, 15) is 0 Å². The number of aromatic nitrogens is 1. The van der Waals surface area contributed by atoms with Crippen molar-refractivity contribution in [1.82, 2.24) is 4.98 Å². The number of benzene rings is 8. The van der Waals surface area contributed by atoms with Crippen LogP contribution in [-0.2, 0) is 10.8 Å². The van der Waals surface area contributed by atoms with Crippen LogP contribution < -0.4 is 4.90 Å². The maximum absolute atomic E-state index is 6.41. The van der Waals surface area contributed by atoms with Gasteiger partial charge in [0, 0.05) is 28.1 Å². The van der Waals surface area contributed by atoms with Crippen molar-refractivity contribution < 1.29 is 4.42 Å². The van der Waals surface area contributed by atoms with E-state index in [-0.39, 0.29) is 5.41 Å². The Morgan fingerprint density at radius 1 is 0.500 bits per heavy atom. The van der Waals surface area contributed by atoms with E-state index >= 15 is 0 Å². The standard InChI is InChI=1S/C59H44N2O/c1-58(2)51-27-14-12-25-47(51)49-32-30-46(38-54(49)58)61(44-24-16-21-41(35-44)39-17-6-3-7-18-39)45-31-33-53-50(37-45)48-26-13-15-28-52(48)59(53,42-22-10-5-11-23-42)43-29-34-56-55(36-43)60-57(62-56)40-19-8-4-9-20-40/h3-8,10-19,21-38H,9,20H2,1-2H3. The van der Waals surface area contributed by atoms with Crippen molar-refractivity contribution >= 4 is 33.7 Å². The second kappa shape index (κ2) is 14.0. The number of allylic oxidation sites excluding steroid dienone is 4. The number of hydrogen-bond acceptors (Lipinski definition) is 3. The molecule has 0 aliphatic heterocycles. The molecule has 0 radical (unpaired) electrons. The van der Waals surface area contributed by atoms with Gasteiger partial charge in [-0.2, -0.15) is 0 Å². The molecule has 12 rings (SSSR count). The summed E-state index contributed by atoms with van der Waals surface area (Å²) in [4.78, 5) is 7.56. The molecular weight excluding hydrogens is 753 g/mol. The average Bonchev–Trinajstić information content (AvgIpc) is 3.97. The van der Waals surface area contributed by atoms with E-state index in [0.717, 1.165) is 46.6 Å². The third-order valence-corrected chi connectivity index (χ3v) is 13.6. The van der Waals surface area contributed by atoms with E-state index in [4.69, 9.17) is 9.40 Å². The molecule has 8 aromatic carbocycles. The van der Waals surface area contributed by atoms with Crippen LogP contribution >= 0.6 is 0 Å². The summed E-state index contributed by atoms with van der Waals surface area (Å²) < 4.78 is 6.41. The molecule has 1 aromatic heterocycles. The minimum atomic E-state index is -0.590. The summed E-state index contributed by atoms with van der Waals surface area (Å²) in [6.07, 6.45) is 8.36. The molecule has 0 N–H and O–H groups in total. The molecule has 1 unspecified atom stereocenters. The summed E-state index contributed by atoms with van der Waals surface area (Å²) in [5, 5.41) is 0. The van der Waals surface area contributed by atoms with Crippen LogP contribution in [0.25, 0.3) is 50.1 Å². The topological polar surface area (TPSA) is 29.3 Å². The minimum Gasteiger partial charge on any atom is -0.436 e. The van der Waals surface area contributed by atoms with Crippen molar-refractivity contribution in [2.75, 3.05) is 4.90 Å². The van der Waals surface area contributed by atoms with Crippen molar-refractivity contribution in [2.24, 2.45) is 0 Å². The lowest BCUT2D eigenvalue weighted by atomic mass is 9.67. The Kier molecular flexibility index (Phi) is 8.24. The van der Waals surface area contributed by atoms with Crippen LogP contribution in [0, 0.1) is 0 Å². The Bertz CT molecular complexity index is 3280. The van der Waals surface area contributed by atoms with Gasteiger partial charge in [-0.3, -0.25) is 0 Å². The van der Waals surface area contributed by atoms with Gasteiger partial charge in [0.25, 0.3) is 0 Å². The van der Waals surface area contributed by atoms with Gasteiger partial charge in [-0.05, 0) is 128 Å². The normalized spacial score (nSPS) is 16.6. The summed E-state index contributed by atoms with van der Waals surface area (Å²) in [6.45, 7) is 4.72. The smallest absolute Gasteiger partial charge is 0.223 e. The molecule has 0 spiro atoms. The fraction of sp³-hybridized carbons (Fsp3) is 0.102. The van der Waals surface area contributed by atoms with Crippen LogP contribution in [0.1, 0.15) is 66.0 Å². The largest absolute Gasteiger partial charge is 0.436 e. The van der Waals surface area contributed by atoms with Gasteiger partial charge in [0.15, 0.2) is 5.58 Å². The predicted molar refractivity (Wildman–Crippen MR) is 255 cm³/mol. The number of fused-ring (bicyclic) bond motifs is 7. The zero-order valence-electron chi connectivity index (χ0n) is 34.8. The second-order valence-corrected chi connectivity index (χ2v) is 17.4. The minimum absolute atomic E-state index is 0.137. The average molecular weight is 797 g/mol. The van der Waals surface area contributed by atoms with Crippen LogP contribution in [-0.4, -0.2) is 4.98 Å². The molecule has 3 aliphatic rings. The lowest BCUT2D eigenvalue weighted by Gasteiger charge is -2.34. The van der Waals surface area contributed by atoms with E-state index in [1.165, 1.54) is 66.8 Å². The number of anilines is 3. The molecular formula is C59H44N2O.